The molecule has 0 saturated heterocycles. The molecule has 1 unspecified atom stereocenters. The monoisotopic (exact) mass is 149 g/mol. The minimum absolute atomic E-state index is 0.183. The molecule has 0 aromatic carbocycles. The topological polar surface area (TPSA) is 40.1 Å². The summed E-state index contributed by atoms with van der Waals surface area (Å²) in [5.41, 5.74) is -0.183. The molecule has 0 spiro atoms. The Morgan fingerprint density at radius 1 is 1.56 bits per heavy atom. The fourth-order valence-corrected chi connectivity index (χ4v) is 1.71. The molecular weight excluding hydrogens is 135 g/mol. The maximum Gasteiger partial charge on any atom is 0.0172 e. The van der Waals surface area contributed by atoms with Crippen LogP contribution >= 0.6 is 7.37 Å². The van der Waals surface area contributed by atoms with Gasteiger partial charge >= 0.3 is 0 Å². The summed E-state index contributed by atoms with van der Waals surface area (Å²) in [6, 6.07) is 0. The second-order valence-electron chi connectivity index (χ2n) is 2.54. The van der Waals surface area contributed by atoms with Crippen LogP contribution in [0.2, 0.25) is 0 Å². The van der Waals surface area contributed by atoms with Gasteiger partial charge in [-0.2, -0.15) is 0 Å². The molecule has 0 rings (SSSR count). The zero-order chi connectivity index (χ0) is 7.49. The average molecular weight is 149 g/mol. The first-order valence-electron chi connectivity index (χ1n) is 3.30. The molecule has 0 N–H and O–H groups in total. The molecule has 0 aliphatic carbocycles. The highest BCUT2D eigenvalue weighted by atomic mass is 31.2. The van der Waals surface area contributed by atoms with Crippen LogP contribution in [0.25, 0.3) is 0 Å². The van der Waals surface area contributed by atoms with Crippen LogP contribution in [0.3, 0.4) is 0 Å². The van der Waals surface area contributed by atoms with Gasteiger partial charge in [-0.05, 0) is 11.8 Å². The molecule has 0 radical (unpaired) electrons. The van der Waals surface area contributed by atoms with Crippen molar-refractivity contribution in [3.8, 4) is 0 Å². The summed E-state index contributed by atoms with van der Waals surface area (Å²) in [5.74, 6) is 0. The molecule has 9 heavy (non-hydrogen) atoms. The smallest absolute Gasteiger partial charge is 0.0172 e. The molecule has 0 fully saturated rings. The summed E-state index contributed by atoms with van der Waals surface area (Å²) < 4.78 is 11.0. The summed E-state index contributed by atoms with van der Waals surface area (Å²) in [4.78, 5) is 11.0. The molecule has 0 aliphatic rings. The van der Waals surface area contributed by atoms with Crippen LogP contribution in [-0.4, -0.2) is 11.8 Å². The Labute approximate surface area is 56.7 Å². The maximum absolute atomic E-state index is 11.0. The molecule has 3 heteroatoms. The van der Waals surface area contributed by atoms with Crippen LogP contribution in [-0.2, 0) is 4.57 Å². The second kappa shape index (κ2) is 3.38. The van der Waals surface area contributed by atoms with Gasteiger partial charge in [-0.1, -0.05) is 27.2 Å². The lowest BCUT2D eigenvalue weighted by Crippen LogP contribution is -2.13. The van der Waals surface area contributed by atoms with Crippen LogP contribution in [0, 0.1) is 0 Å². The van der Waals surface area contributed by atoms with Crippen molar-refractivity contribution in [2.24, 2.45) is 0 Å². The summed E-state index contributed by atoms with van der Waals surface area (Å²) in [6.45, 7) is 5.33. The summed E-state index contributed by atoms with van der Waals surface area (Å²) >= 11 is 0. The molecule has 0 aliphatic heterocycles. The Morgan fingerprint density at radius 3 is 2.11 bits per heavy atom. The first-order valence-corrected chi connectivity index (χ1v) is 5.18. The number of hydrogen-bond acceptors (Lipinski definition) is 2. The first kappa shape index (κ1) is 9.19. The van der Waals surface area contributed by atoms with Gasteiger partial charge in [-0.15, -0.1) is 0 Å². The number of rotatable bonds is 3. The Morgan fingerprint density at radius 2 is 2.00 bits per heavy atom. The van der Waals surface area contributed by atoms with E-state index in [1.165, 1.54) is 0 Å². The van der Waals surface area contributed by atoms with Gasteiger partial charge in [-0.25, -0.2) is 0 Å². The highest BCUT2D eigenvalue weighted by molar-refractivity contribution is 7.57. The molecule has 1 atom stereocenters. The normalized spacial score (nSPS) is 17.9. The third-order valence-electron chi connectivity index (χ3n) is 1.32. The minimum Gasteiger partial charge on any atom is -0.799 e. The zero-order valence-electron chi connectivity index (χ0n) is 6.26. The quantitative estimate of drug-likeness (QED) is 0.569. The van der Waals surface area contributed by atoms with E-state index in [2.05, 4.69) is 0 Å². The van der Waals surface area contributed by atoms with Crippen molar-refractivity contribution in [3.63, 3.8) is 0 Å². The van der Waals surface area contributed by atoms with E-state index in [1.54, 1.807) is 13.8 Å². The zero-order valence-corrected chi connectivity index (χ0v) is 7.15. The van der Waals surface area contributed by atoms with E-state index in [1.807, 2.05) is 6.92 Å². The lowest BCUT2D eigenvalue weighted by atomic mass is 10.6. The van der Waals surface area contributed by atoms with Gasteiger partial charge < -0.3 is 9.46 Å². The molecular formula is C6H14O2P-. The van der Waals surface area contributed by atoms with Crippen molar-refractivity contribution in [1.82, 2.24) is 0 Å². The van der Waals surface area contributed by atoms with Crippen LogP contribution in [0.15, 0.2) is 0 Å². The SMILES string of the molecule is CCCP(=O)([O-])C(C)C. The van der Waals surface area contributed by atoms with E-state index >= 15 is 0 Å². The van der Waals surface area contributed by atoms with Crippen molar-refractivity contribution < 1.29 is 9.46 Å². The lowest BCUT2D eigenvalue weighted by Gasteiger charge is -2.26. The molecule has 56 valence electrons. The van der Waals surface area contributed by atoms with Gasteiger partial charge in [0.1, 0.15) is 0 Å². The second-order valence-corrected chi connectivity index (χ2v) is 5.48. The number of hydrogen-bond donors (Lipinski definition) is 0. The Kier molecular flexibility index (Phi) is 3.45. The Hall–Kier alpha value is 0.190. The largest absolute Gasteiger partial charge is 0.799 e. The van der Waals surface area contributed by atoms with Crippen molar-refractivity contribution in [2.75, 3.05) is 6.16 Å². The minimum atomic E-state index is -3.01. The van der Waals surface area contributed by atoms with Crippen molar-refractivity contribution in [2.45, 2.75) is 32.9 Å². The molecule has 0 aromatic rings. The van der Waals surface area contributed by atoms with Gasteiger partial charge in [0.05, 0.1) is 0 Å². The maximum atomic E-state index is 11.0. The van der Waals surface area contributed by atoms with Crippen molar-refractivity contribution in [1.29, 1.82) is 0 Å². The molecule has 2 nitrogen and oxygen atoms in total. The third-order valence-corrected chi connectivity index (χ3v) is 3.97. The molecule has 0 aromatic heterocycles. The van der Waals surface area contributed by atoms with E-state index in [9.17, 15) is 9.46 Å². The van der Waals surface area contributed by atoms with Gasteiger partial charge in [0, 0.05) is 7.37 Å². The van der Waals surface area contributed by atoms with E-state index in [0.717, 1.165) is 6.42 Å². The van der Waals surface area contributed by atoms with Crippen LogP contribution in [0.4, 0.5) is 0 Å². The van der Waals surface area contributed by atoms with E-state index in [0.29, 0.717) is 6.16 Å². The third kappa shape index (κ3) is 3.02. The fraction of sp³-hybridized carbons (Fsp3) is 1.00. The van der Waals surface area contributed by atoms with Gasteiger partial charge in [0.2, 0.25) is 0 Å². The van der Waals surface area contributed by atoms with Crippen LogP contribution in [0.1, 0.15) is 27.2 Å². The highest BCUT2D eigenvalue weighted by Crippen LogP contribution is 2.41. The highest BCUT2D eigenvalue weighted by Gasteiger charge is 2.09. The Bertz CT molecular complexity index is 120. The van der Waals surface area contributed by atoms with Gasteiger partial charge in [0.15, 0.2) is 0 Å². The standard InChI is InChI=1S/C6H15O2P/c1-4-5-9(7,8)6(2)3/h6H,4-5H2,1-3H3,(H,7,8)/p-1. The fourth-order valence-electron chi connectivity index (χ4n) is 0.570. The molecule has 0 bridgehead atoms. The van der Waals surface area contributed by atoms with Gasteiger partial charge in [-0.3, -0.25) is 0 Å². The van der Waals surface area contributed by atoms with E-state index < -0.39 is 7.37 Å². The summed E-state index contributed by atoms with van der Waals surface area (Å²) in [6.07, 6.45) is 1.09. The predicted molar refractivity (Wildman–Crippen MR) is 37.9 cm³/mol. The summed E-state index contributed by atoms with van der Waals surface area (Å²) in [5, 5.41) is 0. The molecule has 0 heterocycles. The summed E-state index contributed by atoms with van der Waals surface area (Å²) in [7, 11) is -3.01. The van der Waals surface area contributed by atoms with Crippen molar-refractivity contribution in [3.05, 3.63) is 0 Å². The first-order chi connectivity index (χ1) is 4.00. The average Bonchev–Trinajstić information content (AvgIpc) is 1.65. The molecule has 0 saturated carbocycles. The van der Waals surface area contributed by atoms with E-state index in [-0.39, 0.29) is 5.66 Å². The lowest BCUT2D eigenvalue weighted by molar-refractivity contribution is -0.176. The predicted octanol–water partition coefficient (Wildman–Crippen LogP) is 1.44. The Balaban J connectivity index is 3.87. The van der Waals surface area contributed by atoms with Gasteiger partial charge in [0.25, 0.3) is 0 Å². The van der Waals surface area contributed by atoms with Crippen LogP contribution in [0.5, 0.6) is 0 Å². The van der Waals surface area contributed by atoms with Crippen molar-refractivity contribution >= 4 is 7.37 Å². The van der Waals surface area contributed by atoms with Crippen LogP contribution < -0.4 is 4.89 Å². The molecule has 0 amide bonds. The van der Waals surface area contributed by atoms with E-state index in [4.69, 9.17) is 0 Å².